The Morgan fingerprint density at radius 1 is 1.39 bits per heavy atom. The quantitative estimate of drug-likeness (QED) is 0.641. The molecule has 1 fully saturated rings. The molecule has 0 aliphatic heterocycles. The van der Waals surface area contributed by atoms with Crippen LogP contribution in [0.15, 0.2) is 29.8 Å². The molecule has 23 heavy (non-hydrogen) atoms. The van der Waals surface area contributed by atoms with Crippen molar-refractivity contribution in [2.24, 2.45) is 0 Å². The molecule has 0 heterocycles. The van der Waals surface area contributed by atoms with Crippen LogP contribution in [0.2, 0.25) is 0 Å². The number of nitrogens with one attached hydrogen (secondary N) is 1. The van der Waals surface area contributed by atoms with Crippen molar-refractivity contribution in [3.63, 3.8) is 0 Å². The van der Waals surface area contributed by atoms with E-state index < -0.39 is 0 Å². The third kappa shape index (κ3) is 5.14. The average molecular weight is 312 g/mol. The van der Waals surface area contributed by atoms with Crippen molar-refractivity contribution in [3.05, 3.63) is 35.4 Å². The van der Waals surface area contributed by atoms with Gasteiger partial charge in [0.25, 0.3) is 5.91 Å². The molecule has 0 saturated heterocycles. The van der Waals surface area contributed by atoms with E-state index in [4.69, 9.17) is 4.74 Å². The standard InChI is InChI=1S/C19H24N2O2/c1-3-14(2)23-18-10-8-15(9-11-18)12-16(13-20)19(22)21-17-6-4-5-7-17/h8-12,14,17H,3-7H2,1-2H3,(H,21,22)/b16-12-/t14-/m1/s1. The molecule has 0 radical (unpaired) electrons. The van der Waals surface area contributed by atoms with Crippen LogP contribution >= 0.6 is 0 Å². The van der Waals surface area contributed by atoms with Gasteiger partial charge in [0.1, 0.15) is 17.4 Å². The van der Waals surface area contributed by atoms with Gasteiger partial charge in [-0.3, -0.25) is 4.79 Å². The molecular formula is C19H24N2O2. The maximum atomic E-state index is 12.2. The molecule has 4 heteroatoms. The highest BCUT2D eigenvalue weighted by molar-refractivity contribution is 6.01. The fourth-order valence-electron chi connectivity index (χ4n) is 2.61. The Kier molecular flexibility index (Phi) is 6.22. The molecule has 122 valence electrons. The van der Waals surface area contributed by atoms with Crippen molar-refractivity contribution in [2.75, 3.05) is 0 Å². The minimum atomic E-state index is -0.278. The van der Waals surface area contributed by atoms with Crippen LogP contribution < -0.4 is 10.1 Å². The van der Waals surface area contributed by atoms with E-state index in [0.717, 1.165) is 43.4 Å². The van der Waals surface area contributed by atoms with Gasteiger partial charge >= 0.3 is 0 Å². The molecule has 1 N–H and O–H groups in total. The zero-order valence-electron chi connectivity index (χ0n) is 13.8. The summed E-state index contributed by atoms with van der Waals surface area (Å²) in [5.41, 5.74) is 0.965. The topological polar surface area (TPSA) is 62.1 Å². The number of rotatable bonds is 6. The number of nitrogens with zero attached hydrogens (tertiary/aromatic N) is 1. The smallest absolute Gasteiger partial charge is 0.262 e. The summed E-state index contributed by atoms with van der Waals surface area (Å²) in [7, 11) is 0. The second-order valence-electron chi connectivity index (χ2n) is 6.03. The van der Waals surface area contributed by atoms with Crippen LogP contribution in [-0.2, 0) is 4.79 Å². The summed E-state index contributed by atoms with van der Waals surface area (Å²) >= 11 is 0. The van der Waals surface area contributed by atoms with E-state index in [1.807, 2.05) is 37.3 Å². The van der Waals surface area contributed by atoms with E-state index in [0.29, 0.717) is 0 Å². The van der Waals surface area contributed by atoms with Gasteiger partial charge in [-0.15, -0.1) is 0 Å². The lowest BCUT2D eigenvalue weighted by Crippen LogP contribution is -2.33. The maximum Gasteiger partial charge on any atom is 0.262 e. The molecule has 1 amide bonds. The van der Waals surface area contributed by atoms with E-state index in [1.165, 1.54) is 0 Å². The molecule has 0 bridgehead atoms. The number of ether oxygens (including phenoxy) is 1. The van der Waals surface area contributed by atoms with Crippen LogP contribution in [0.4, 0.5) is 0 Å². The summed E-state index contributed by atoms with van der Waals surface area (Å²) in [5, 5.41) is 12.2. The lowest BCUT2D eigenvalue weighted by atomic mass is 10.1. The number of benzene rings is 1. The van der Waals surface area contributed by atoms with Crippen LogP contribution in [0.1, 0.15) is 51.5 Å². The predicted octanol–water partition coefficient (Wildman–Crippen LogP) is 3.83. The van der Waals surface area contributed by atoms with E-state index in [2.05, 4.69) is 12.2 Å². The fourth-order valence-corrected chi connectivity index (χ4v) is 2.61. The molecule has 2 rings (SSSR count). The monoisotopic (exact) mass is 312 g/mol. The number of hydrogen-bond acceptors (Lipinski definition) is 3. The number of carbonyl (C=O) groups excluding carboxylic acids is 1. The van der Waals surface area contributed by atoms with E-state index in [-0.39, 0.29) is 23.6 Å². The summed E-state index contributed by atoms with van der Waals surface area (Å²) in [6.45, 7) is 4.10. The second-order valence-corrected chi connectivity index (χ2v) is 6.03. The number of nitriles is 1. The second kappa shape index (κ2) is 8.38. The van der Waals surface area contributed by atoms with Gasteiger partial charge in [0.2, 0.25) is 0 Å². The summed E-state index contributed by atoms with van der Waals surface area (Å²) in [5.74, 6) is 0.518. The van der Waals surface area contributed by atoms with Gasteiger partial charge in [-0.1, -0.05) is 31.9 Å². The van der Waals surface area contributed by atoms with Gasteiger partial charge in [0, 0.05) is 6.04 Å². The number of amides is 1. The molecular weight excluding hydrogens is 288 g/mol. The molecule has 1 atom stereocenters. The molecule has 1 aromatic carbocycles. The van der Waals surface area contributed by atoms with Gasteiger partial charge in [0.05, 0.1) is 6.10 Å². The molecule has 1 aliphatic carbocycles. The molecule has 4 nitrogen and oxygen atoms in total. The SMILES string of the molecule is CC[C@@H](C)Oc1ccc(/C=C(/C#N)C(=O)NC2CCCC2)cc1. The third-order valence-corrected chi connectivity index (χ3v) is 4.16. The maximum absolute atomic E-state index is 12.2. The first-order valence-electron chi connectivity index (χ1n) is 8.31. The molecule has 0 spiro atoms. The van der Waals surface area contributed by atoms with Crippen LogP contribution in [-0.4, -0.2) is 18.1 Å². The van der Waals surface area contributed by atoms with Crippen molar-refractivity contribution >= 4 is 12.0 Å². The van der Waals surface area contributed by atoms with Gasteiger partial charge < -0.3 is 10.1 Å². The fraction of sp³-hybridized carbons (Fsp3) is 0.474. The van der Waals surface area contributed by atoms with Crippen molar-refractivity contribution in [1.29, 1.82) is 5.26 Å². The highest BCUT2D eigenvalue weighted by atomic mass is 16.5. The highest BCUT2D eigenvalue weighted by Gasteiger charge is 2.19. The Bertz CT molecular complexity index is 593. The first kappa shape index (κ1) is 17.1. The molecule has 1 aliphatic rings. The minimum Gasteiger partial charge on any atom is -0.491 e. The molecule has 0 unspecified atom stereocenters. The van der Waals surface area contributed by atoms with E-state index >= 15 is 0 Å². The Morgan fingerprint density at radius 3 is 2.61 bits per heavy atom. The molecule has 1 saturated carbocycles. The van der Waals surface area contributed by atoms with E-state index in [9.17, 15) is 10.1 Å². The Morgan fingerprint density at radius 2 is 2.04 bits per heavy atom. The van der Waals surface area contributed by atoms with Gasteiger partial charge in [-0.05, 0) is 50.0 Å². The zero-order chi connectivity index (χ0) is 16.7. The summed E-state index contributed by atoms with van der Waals surface area (Å²) in [6.07, 6.45) is 7.04. The van der Waals surface area contributed by atoms with Gasteiger partial charge in [0.15, 0.2) is 0 Å². The first-order valence-corrected chi connectivity index (χ1v) is 8.31. The Labute approximate surface area is 138 Å². The van der Waals surface area contributed by atoms with Crippen molar-refractivity contribution in [1.82, 2.24) is 5.32 Å². The Balaban J connectivity index is 2.02. The van der Waals surface area contributed by atoms with Crippen molar-refractivity contribution < 1.29 is 9.53 Å². The number of hydrogen-bond donors (Lipinski definition) is 1. The van der Waals surface area contributed by atoms with Crippen molar-refractivity contribution in [2.45, 2.75) is 58.1 Å². The number of carbonyl (C=O) groups is 1. The van der Waals surface area contributed by atoms with Crippen molar-refractivity contribution in [3.8, 4) is 11.8 Å². The van der Waals surface area contributed by atoms with Gasteiger partial charge in [-0.2, -0.15) is 5.26 Å². The molecule has 1 aromatic rings. The minimum absolute atomic E-state index is 0.146. The lowest BCUT2D eigenvalue weighted by Gasteiger charge is -2.12. The third-order valence-electron chi connectivity index (χ3n) is 4.16. The highest BCUT2D eigenvalue weighted by Crippen LogP contribution is 2.19. The predicted molar refractivity (Wildman–Crippen MR) is 90.8 cm³/mol. The zero-order valence-corrected chi connectivity index (χ0v) is 13.8. The molecule has 0 aromatic heterocycles. The average Bonchev–Trinajstić information content (AvgIpc) is 3.06. The van der Waals surface area contributed by atoms with Crippen LogP contribution in [0.25, 0.3) is 6.08 Å². The van der Waals surface area contributed by atoms with Crippen LogP contribution in [0, 0.1) is 11.3 Å². The van der Waals surface area contributed by atoms with Gasteiger partial charge in [-0.25, -0.2) is 0 Å². The summed E-state index contributed by atoms with van der Waals surface area (Å²) < 4.78 is 5.72. The first-order chi connectivity index (χ1) is 11.1. The largest absolute Gasteiger partial charge is 0.491 e. The Hall–Kier alpha value is -2.28. The van der Waals surface area contributed by atoms with Crippen LogP contribution in [0.5, 0.6) is 5.75 Å². The summed E-state index contributed by atoms with van der Waals surface area (Å²) in [6, 6.07) is 9.66. The van der Waals surface area contributed by atoms with Crippen LogP contribution in [0.3, 0.4) is 0 Å². The lowest BCUT2D eigenvalue weighted by molar-refractivity contribution is -0.117. The normalized spacial score (nSPS) is 16.7. The summed E-state index contributed by atoms with van der Waals surface area (Å²) in [4.78, 5) is 12.2. The van der Waals surface area contributed by atoms with E-state index in [1.54, 1.807) is 6.08 Å².